The third-order valence-electron chi connectivity index (χ3n) is 3.24. The normalized spacial score (nSPS) is 11.0. The average Bonchev–Trinajstić information content (AvgIpc) is 2.41. The summed E-state index contributed by atoms with van der Waals surface area (Å²) in [5.41, 5.74) is 9.38. The molecule has 0 atom stereocenters. The summed E-state index contributed by atoms with van der Waals surface area (Å²) in [5, 5.41) is 4.31. The summed E-state index contributed by atoms with van der Waals surface area (Å²) in [6, 6.07) is 9.79. The van der Waals surface area contributed by atoms with E-state index >= 15 is 0 Å². The van der Waals surface area contributed by atoms with E-state index in [9.17, 15) is 4.79 Å². The highest BCUT2D eigenvalue weighted by atomic mass is 16.1. The Labute approximate surface area is 112 Å². The third-order valence-corrected chi connectivity index (χ3v) is 3.24. The van der Waals surface area contributed by atoms with Crippen LogP contribution in [0.25, 0.3) is 11.3 Å². The zero-order valence-corrected chi connectivity index (χ0v) is 11.6. The molecule has 19 heavy (non-hydrogen) atoms. The van der Waals surface area contributed by atoms with Gasteiger partial charge in [0.2, 0.25) is 0 Å². The van der Waals surface area contributed by atoms with Gasteiger partial charge in [-0.2, -0.15) is 5.10 Å². The van der Waals surface area contributed by atoms with E-state index in [1.165, 1.54) is 10.2 Å². The lowest BCUT2D eigenvalue weighted by molar-refractivity contribution is 0.704. The molecule has 4 heteroatoms. The summed E-state index contributed by atoms with van der Waals surface area (Å²) in [7, 11) is 1.65. The highest BCUT2D eigenvalue weighted by molar-refractivity contribution is 5.62. The SMILES string of the molecule is CC(C)c1ccc(-c2nn(C)c(=O)cc2CN)cc1. The molecule has 0 bridgehead atoms. The van der Waals surface area contributed by atoms with Crippen molar-refractivity contribution >= 4 is 0 Å². The number of rotatable bonds is 3. The van der Waals surface area contributed by atoms with E-state index in [-0.39, 0.29) is 5.56 Å². The van der Waals surface area contributed by atoms with Gasteiger partial charge in [0.15, 0.2) is 0 Å². The Morgan fingerprint density at radius 1 is 1.26 bits per heavy atom. The van der Waals surface area contributed by atoms with E-state index in [0.29, 0.717) is 12.5 Å². The summed E-state index contributed by atoms with van der Waals surface area (Å²) in [6.45, 7) is 4.62. The van der Waals surface area contributed by atoms with Gasteiger partial charge in [-0.05, 0) is 17.0 Å². The van der Waals surface area contributed by atoms with Crippen LogP contribution in [-0.4, -0.2) is 9.78 Å². The van der Waals surface area contributed by atoms with E-state index in [4.69, 9.17) is 5.73 Å². The van der Waals surface area contributed by atoms with Crippen molar-refractivity contribution in [1.29, 1.82) is 0 Å². The first-order chi connectivity index (χ1) is 9.02. The molecular weight excluding hydrogens is 238 g/mol. The molecule has 2 N–H and O–H groups in total. The van der Waals surface area contributed by atoms with Gasteiger partial charge < -0.3 is 5.73 Å². The molecule has 0 radical (unpaired) electrons. The smallest absolute Gasteiger partial charge is 0.266 e. The molecule has 0 saturated heterocycles. The molecule has 0 saturated carbocycles. The van der Waals surface area contributed by atoms with E-state index in [1.54, 1.807) is 13.1 Å². The molecule has 0 unspecified atom stereocenters. The topological polar surface area (TPSA) is 60.9 Å². The minimum absolute atomic E-state index is 0.136. The predicted octanol–water partition coefficient (Wildman–Crippen LogP) is 2.03. The maximum atomic E-state index is 11.6. The van der Waals surface area contributed by atoms with Gasteiger partial charge in [-0.3, -0.25) is 4.79 Å². The lowest BCUT2D eigenvalue weighted by atomic mass is 9.99. The number of nitrogens with zero attached hydrogens (tertiary/aromatic N) is 2. The number of nitrogens with two attached hydrogens (primary N) is 1. The standard InChI is InChI=1S/C15H19N3O/c1-10(2)11-4-6-12(7-5-11)15-13(9-16)8-14(19)18(3)17-15/h4-8,10H,9,16H2,1-3H3. The van der Waals surface area contributed by atoms with Crippen molar-refractivity contribution in [2.45, 2.75) is 26.3 Å². The van der Waals surface area contributed by atoms with Gasteiger partial charge in [0.1, 0.15) is 0 Å². The van der Waals surface area contributed by atoms with E-state index in [2.05, 4.69) is 31.1 Å². The molecule has 1 aromatic heterocycles. The van der Waals surface area contributed by atoms with E-state index < -0.39 is 0 Å². The van der Waals surface area contributed by atoms with Crippen molar-refractivity contribution in [2.24, 2.45) is 12.8 Å². The largest absolute Gasteiger partial charge is 0.326 e. The van der Waals surface area contributed by atoms with Crippen LogP contribution in [0.4, 0.5) is 0 Å². The van der Waals surface area contributed by atoms with Gasteiger partial charge in [-0.15, -0.1) is 0 Å². The van der Waals surface area contributed by atoms with E-state index in [0.717, 1.165) is 16.8 Å². The summed E-state index contributed by atoms with van der Waals surface area (Å²) < 4.78 is 1.34. The van der Waals surface area contributed by atoms with Gasteiger partial charge in [0, 0.05) is 25.2 Å². The van der Waals surface area contributed by atoms with Gasteiger partial charge in [0.05, 0.1) is 5.69 Å². The molecule has 1 aromatic carbocycles. The van der Waals surface area contributed by atoms with Crippen LogP contribution in [-0.2, 0) is 13.6 Å². The summed E-state index contributed by atoms with van der Waals surface area (Å²) >= 11 is 0. The number of hydrogen-bond acceptors (Lipinski definition) is 3. The quantitative estimate of drug-likeness (QED) is 0.915. The van der Waals surface area contributed by atoms with Crippen LogP contribution in [0.2, 0.25) is 0 Å². The van der Waals surface area contributed by atoms with Crippen LogP contribution in [0.3, 0.4) is 0 Å². The van der Waals surface area contributed by atoms with Crippen molar-refractivity contribution in [3.05, 3.63) is 51.8 Å². The Balaban J connectivity index is 2.52. The molecule has 0 amide bonds. The second-order valence-electron chi connectivity index (χ2n) is 4.96. The summed E-state index contributed by atoms with van der Waals surface area (Å²) in [4.78, 5) is 11.6. The first kappa shape index (κ1) is 13.5. The second-order valence-corrected chi connectivity index (χ2v) is 4.96. The summed E-state index contributed by atoms with van der Waals surface area (Å²) in [5.74, 6) is 0.496. The minimum Gasteiger partial charge on any atom is -0.326 e. The van der Waals surface area contributed by atoms with Crippen LogP contribution in [0.5, 0.6) is 0 Å². The highest BCUT2D eigenvalue weighted by Crippen LogP contribution is 2.22. The fourth-order valence-electron chi connectivity index (χ4n) is 2.00. The Morgan fingerprint density at radius 3 is 2.42 bits per heavy atom. The minimum atomic E-state index is -0.136. The van der Waals surface area contributed by atoms with Gasteiger partial charge >= 0.3 is 0 Å². The molecule has 0 aliphatic carbocycles. The molecule has 0 fully saturated rings. The molecule has 1 heterocycles. The van der Waals surface area contributed by atoms with Gasteiger partial charge in [0.25, 0.3) is 5.56 Å². The van der Waals surface area contributed by atoms with Crippen LogP contribution < -0.4 is 11.3 Å². The Morgan fingerprint density at radius 2 is 1.89 bits per heavy atom. The second kappa shape index (κ2) is 5.36. The van der Waals surface area contributed by atoms with Crippen molar-refractivity contribution < 1.29 is 0 Å². The molecule has 0 aliphatic rings. The Hall–Kier alpha value is -1.94. The van der Waals surface area contributed by atoms with Crippen molar-refractivity contribution in [2.75, 3.05) is 0 Å². The fourth-order valence-corrected chi connectivity index (χ4v) is 2.00. The molecule has 4 nitrogen and oxygen atoms in total. The maximum Gasteiger partial charge on any atom is 0.266 e. The van der Waals surface area contributed by atoms with Crippen molar-refractivity contribution in [1.82, 2.24) is 9.78 Å². The number of hydrogen-bond donors (Lipinski definition) is 1. The zero-order chi connectivity index (χ0) is 14.0. The zero-order valence-electron chi connectivity index (χ0n) is 11.6. The van der Waals surface area contributed by atoms with Gasteiger partial charge in [-0.25, -0.2) is 4.68 Å². The molecule has 0 aliphatic heterocycles. The van der Waals surface area contributed by atoms with Gasteiger partial charge in [-0.1, -0.05) is 38.1 Å². The Kier molecular flexibility index (Phi) is 3.81. The molecular formula is C15H19N3O. The molecule has 2 aromatic rings. The first-order valence-corrected chi connectivity index (χ1v) is 6.40. The monoisotopic (exact) mass is 257 g/mol. The summed E-state index contributed by atoms with van der Waals surface area (Å²) in [6.07, 6.45) is 0. The highest BCUT2D eigenvalue weighted by Gasteiger charge is 2.09. The average molecular weight is 257 g/mol. The third kappa shape index (κ3) is 2.74. The van der Waals surface area contributed by atoms with Crippen LogP contribution in [0.1, 0.15) is 30.9 Å². The van der Waals surface area contributed by atoms with Crippen molar-refractivity contribution in [3.63, 3.8) is 0 Å². The predicted molar refractivity (Wildman–Crippen MR) is 76.9 cm³/mol. The first-order valence-electron chi connectivity index (χ1n) is 6.40. The molecule has 2 rings (SSSR count). The maximum absolute atomic E-state index is 11.6. The van der Waals surface area contributed by atoms with Crippen LogP contribution >= 0.6 is 0 Å². The fraction of sp³-hybridized carbons (Fsp3) is 0.333. The lowest BCUT2D eigenvalue weighted by Crippen LogP contribution is -2.21. The van der Waals surface area contributed by atoms with Crippen LogP contribution in [0.15, 0.2) is 35.1 Å². The lowest BCUT2D eigenvalue weighted by Gasteiger charge is -2.10. The van der Waals surface area contributed by atoms with Crippen molar-refractivity contribution in [3.8, 4) is 11.3 Å². The molecule has 0 spiro atoms. The number of aryl methyl sites for hydroxylation is 1. The number of aromatic nitrogens is 2. The Bertz CT molecular complexity index is 627. The number of benzene rings is 1. The van der Waals surface area contributed by atoms with E-state index in [1.807, 2.05) is 12.1 Å². The molecule has 100 valence electrons. The van der Waals surface area contributed by atoms with Crippen LogP contribution in [0, 0.1) is 0 Å².